The van der Waals surface area contributed by atoms with Crippen molar-refractivity contribution in [2.45, 2.75) is 13.8 Å². The summed E-state index contributed by atoms with van der Waals surface area (Å²) in [4.78, 5) is 0. The molecule has 40 heavy (non-hydrogen) atoms. The fourth-order valence-electron chi connectivity index (χ4n) is 6.35. The van der Waals surface area contributed by atoms with E-state index < -0.39 is 15.1 Å². The Kier molecular flexibility index (Phi) is 4.99. The standard InChI is InChI=1S/C36H24P2S2/c1-21-11-15-23(16-12-21)37-29-19-28-30(20-27(29)35-33(37)25-7-3-5-9-31(25)39-35)38(24-17-13-22(2)14-18-24)34-26-8-4-6-10-32(26)40-36(28)34/h3-20H,1-2H3. The number of hydrogen-bond acceptors (Lipinski definition) is 2. The first-order valence-electron chi connectivity index (χ1n) is 13.6. The van der Waals surface area contributed by atoms with Crippen LogP contribution < -0.4 is 0 Å². The first-order valence-corrected chi connectivity index (χ1v) is 17.9. The van der Waals surface area contributed by atoms with Crippen LogP contribution in [0.25, 0.3) is 71.4 Å². The third-order valence-corrected chi connectivity index (χ3v) is 16.1. The van der Waals surface area contributed by atoms with Crippen molar-refractivity contribution in [3.63, 3.8) is 0 Å². The molecule has 0 amide bonds. The van der Waals surface area contributed by atoms with Crippen LogP contribution in [0, 0.1) is 13.8 Å². The van der Waals surface area contributed by atoms with Crippen LogP contribution in [0.1, 0.15) is 11.1 Å². The highest BCUT2D eigenvalue weighted by molar-refractivity contribution is 7.70. The number of rotatable bonds is 2. The topological polar surface area (TPSA) is 0 Å². The SMILES string of the molecule is Cc1ccc(-p2c3cc4c5sc6ccccc6c5p(-c5ccc(C)cc5)c4cc3c3sc4ccccc4c32)cc1. The van der Waals surface area contributed by atoms with E-state index in [4.69, 9.17) is 0 Å². The van der Waals surface area contributed by atoms with Gasteiger partial charge in [0.05, 0.1) is 0 Å². The van der Waals surface area contributed by atoms with Crippen molar-refractivity contribution in [3.8, 4) is 10.6 Å². The Labute approximate surface area is 242 Å². The Balaban J connectivity index is 1.51. The first-order chi connectivity index (χ1) is 19.7. The predicted molar refractivity (Wildman–Crippen MR) is 185 cm³/mol. The molecule has 4 heteroatoms. The molecule has 0 N–H and O–H groups in total. The van der Waals surface area contributed by atoms with Gasteiger partial charge in [0.2, 0.25) is 0 Å². The van der Waals surface area contributed by atoms with Crippen molar-refractivity contribution >= 4 is 98.6 Å². The summed E-state index contributed by atoms with van der Waals surface area (Å²) < 4.78 is 5.79. The van der Waals surface area contributed by atoms with Gasteiger partial charge in [0.25, 0.3) is 0 Å². The lowest BCUT2D eigenvalue weighted by Crippen LogP contribution is -1.72. The summed E-state index contributed by atoms with van der Waals surface area (Å²) in [5.41, 5.74) is 2.64. The zero-order valence-electron chi connectivity index (χ0n) is 22.1. The van der Waals surface area contributed by atoms with Gasteiger partial charge in [-0.05, 0) is 48.7 Å². The van der Waals surface area contributed by atoms with Gasteiger partial charge < -0.3 is 0 Å². The van der Waals surface area contributed by atoms with Gasteiger partial charge in [0.15, 0.2) is 0 Å². The lowest BCUT2D eigenvalue weighted by atomic mass is 10.2. The van der Waals surface area contributed by atoms with Crippen LogP contribution in [0.2, 0.25) is 0 Å². The van der Waals surface area contributed by atoms with Gasteiger partial charge in [0, 0.05) is 60.8 Å². The molecule has 0 saturated carbocycles. The Bertz CT molecular complexity index is 2250. The van der Waals surface area contributed by atoms with Crippen molar-refractivity contribution in [2.75, 3.05) is 0 Å². The number of aryl methyl sites for hydroxylation is 2. The summed E-state index contributed by atoms with van der Waals surface area (Å²) in [5, 5.41) is 14.9. The Morgan fingerprint density at radius 1 is 0.450 bits per heavy atom. The van der Waals surface area contributed by atoms with E-state index >= 15 is 0 Å². The minimum Gasteiger partial charge on any atom is -0.134 e. The number of hydrogen-bond donors (Lipinski definition) is 0. The maximum Gasteiger partial charge on any atom is 0.0480 e. The summed E-state index contributed by atoms with van der Waals surface area (Å²) in [6.45, 7) is 4.38. The Hall–Kier alpha value is -3.38. The minimum atomic E-state index is -0.617. The van der Waals surface area contributed by atoms with E-state index in [2.05, 4.69) is 123 Å². The highest BCUT2D eigenvalue weighted by atomic mass is 32.1. The van der Waals surface area contributed by atoms with E-state index in [9.17, 15) is 0 Å². The van der Waals surface area contributed by atoms with E-state index in [1.165, 1.54) is 72.3 Å². The van der Waals surface area contributed by atoms with Crippen LogP contribution in [-0.4, -0.2) is 0 Å². The summed E-state index contributed by atoms with van der Waals surface area (Å²) in [6, 6.07) is 42.0. The summed E-state index contributed by atoms with van der Waals surface area (Å²) >= 11 is 3.98. The van der Waals surface area contributed by atoms with E-state index in [1.54, 1.807) is 10.2 Å². The minimum absolute atomic E-state index is 0.617. The maximum atomic E-state index is 2.61. The molecular formula is C36H24P2S2. The largest absolute Gasteiger partial charge is 0.134 e. The van der Waals surface area contributed by atoms with E-state index in [-0.39, 0.29) is 0 Å². The molecule has 5 aromatic carbocycles. The highest BCUT2D eigenvalue weighted by Crippen LogP contribution is 2.64. The number of fused-ring (bicyclic) bond motifs is 10. The van der Waals surface area contributed by atoms with Crippen molar-refractivity contribution in [1.29, 1.82) is 0 Å². The van der Waals surface area contributed by atoms with Gasteiger partial charge in [-0.25, -0.2) is 0 Å². The second kappa shape index (κ2) is 8.56. The monoisotopic (exact) mass is 582 g/mol. The van der Waals surface area contributed by atoms with Gasteiger partial charge in [-0.15, -0.1) is 22.7 Å². The van der Waals surface area contributed by atoms with Gasteiger partial charge >= 0.3 is 0 Å². The molecule has 0 aliphatic heterocycles. The van der Waals surface area contributed by atoms with Gasteiger partial charge in [0.1, 0.15) is 0 Å². The smallest absolute Gasteiger partial charge is 0.0480 e. The third-order valence-electron chi connectivity index (χ3n) is 8.26. The molecule has 4 heterocycles. The summed E-state index contributed by atoms with van der Waals surface area (Å²) in [7, 11) is -1.23. The molecule has 2 unspecified atom stereocenters. The number of thiophene rings is 2. The van der Waals surface area contributed by atoms with Gasteiger partial charge in [-0.2, -0.15) is 0 Å². The lowest BCUT2D eigenvalue weighted by Gasteiger charge is -2.07. The lowest BCUT2D eigenvalue weighted by molar-refractivity contribution is 1.49. The molecular weight excluding hydrogens is 558 g/mol. The Morgan fingerprint density at radius 2 is 0.850 bits per heavy atom. The fourth-order valence-corrected chi connectivity index (χ4v) is 15.1. The van der Waals surface area contributed by atoms with Gasteiger partial charge in [-0.1, -0.05) is 111 Å². The van der Waals surface area contributed by atoms with Crippen LogP contribution in [-0.2, 0) is 0 Å². The fraction of sp³-hybridized carbons (Fsp3) is 0.0556. The third kappa shape index (κ3) is 3.20. The van der Waals surface area contributed by atoms with E-state index in [0.29, 0.717) is 0 Å². The van der Waals surface area contributed by atoms with Crippen molar-refractivity contribution in [2.24, 2.45) is 0 Å². The molecule has 4 aromatic heterocycles. The number of benzene rings is 5. The van der Waals surface area contributed by atoms with Crippen LogP contribution in [0.3, 0.4) is 0 Å². The summed E-state index contributed by atoms with van der Waals surface area (Å²) in [5.74, 6) is 0. The molecule has 2 atom stereocenters. The average Bonchev–Trinajstić information content (AvgIpc) is 3.70. The zero-order chi connectivity index (χ0) is 26.5. The maximum absolute atomic E-state index is 2.61. The first kappa shape index (κ1) is 23.3. The molecule has 0 fully saturated rings. The second-order valence-corrected chi connectivity index (χ2v) is 17.1. The van der Waals surface area contributed by atoms with Crippen LogP contribution in [0.4, 0.5) is 0 Å². The molecule has 0 aliphatic carbocycles. The van der Waals surface area contributed by atoms with Crippen molar-refractivity contribution in [3.05, 3.63) is 120 Å². The van der Waals surface area contributed by atoms with Crippen LogP contribution >= 0.6 is 37.7 Å². The molecule has 0 aliphatic rings. The van der Waals surface area contributed by atoms with E-state index in [0.717, 1.165) is 0 Å². The molecule has 0 spiro atoms. The molecule has 0 saturated heterocycles. The molecule has 9 rings (SSSR count). The summed E-state index contributed by atoms with van der Waals surface area (Å²) in [6.07, 6.45) is 0. The molecule has 9 aromatic rings. The van der Waals surface area contributed by atoms with Crippen LogP contribution in [0.5, 0.6) is 0 Å². The zero-order valence-corrected chi connectivity index (χ0v) is 25.5. The molecule has 0 radical (unpaired) electrons. The quantitative estimate of drug-likeness (QED) is 0.190. The highest BCUT2D eigenvalue weighted by Gasteiger charge is 2.23. The normalized spacial score (nSPS) is 13.2. The van der Waals surface area contributed by atoms with Crippen LogP contribution in [0.15, 0.2) is 109 Å². The van der Waals surface area contributed by atoms with E-state index in [1.807, 2.05) is 22.7 Å². The van der Waals surface area contributed by atoms with Gasteiger partial charge in [-0.3, -0.25) is 0 Å². The predicted octanol–water partition coefficient (Wildman–Crippen LogP) is 13.3. The molecule has 0 bridgehead atoms. The average molecular weight is 583 g/mol. The molecule has 190 valence electrons. The Morgan fingerprint density at radius 3 is 1.27 bits per heavy atom. The second-order valence-electron chi connectivity index (χ2n) is 10.8. The van der Waals surface area contributed by atoms with Crippen molar-refractivity contribution in [1.82, 2.24) is 0 Å². The van der Waals surface area contributed by atoms with Crippen molar-refractivity contribution < 1.29 is 0 Å². The molecule has 0 nitrogen and oxygen atoms in total.